The minimum absolute atomic E-state index is 0.0498. The first-order valence-electron chi connectivity index (χ1n) is 10.7. The van der Waals surface area contributed by atoms with Crippen molar-refractivity contribution < 1.29 is 4.74 Å². The number of nitrogens with one attached hydrogen (secondary N) is 1. The highest BCUT2D eigenvalue weighted by molar-refractivity contribution is 5.95. The first-order chi connectivity index (χ1) is 14.9. The first-order valence-corrected chi connectivity index (χ1v) is 10.7. The fourth-order valence-electron chi connectivity index (χ4n) is 4.89. The Hall–Kier alpha value is -3.46. The maximum atomic E-state index is 12.9. The second-order valence-corrected chi connectivity index (χ2v) is 9.00. The Morgan fingerprint density at radius 2 is 1.94 bits per heavy atom. The topological polar surface area (TPSA) is 70.3 Å². The monoisotopic (exact) mass is 414 g/mol. The van der Waals surface area contributed by atoms with Crippen molar-refractivity contribution in [3.8, 4) is 11.8 Å². The van der Waals surface area contributed by atoms with Gasteiger partial charge >= 0.3 is 0 Å². The lowest BCUT2D eigenvalue weighted by atomic mass is 9.78. The molecule has 5 rings (SSSR count). The van der Waals surface area contributed by atoms with E-state index in [2.05, 4.69) is 42.3 Å². The smallest absolute Gasteiger partial charge is 0.270 e. The van der Waals surface area contributed by atoms with E-state index >= 15 is 0 Å². The number of nitrogens with zero attached hydrogens (tertiary/aromatic N) is 3. The summed E-state index contributed by atoms with van der Waals surface area (Å²) >= 11 is 0. The number of para-hydroxylation sites is 1. The molecule has 1 aromatic heterocycles. The summed E-state index contributed by atoms with van der Waals surface area (Å²) in [5.41, 5.74) is 3.81. The predicted octanol–water partition coefficient (Wildman–Crippen LogP) is 4.16. The van der Waals surface area contributed by atoms with Crippen LogP contribution in [0.4, 0.5) is 11.4 Å². The number of rotatable bonds is 2. The summed E-state index contributed by atoms with van der Waals surface area (Å²) in [6, 6.07) is 16.2. The van der Waals surface area contributed by atoms with Crippen LogP contribution in [0.2, 0.25) is 0 Å². The molecule has 1 atom stereocenters. The predicted molar refractivity (Wildman–Crippen MR) is 123 cm³/mol. The van der Waals surface area contributed by atoms with Crippen molar-refractivity contribution >= 4 is 22.3 Å². The van der Waals surface area contributed by atoms with Crippen molar-refractivity contribution in [2.45, 2.75) is 32.9 Å². The molecule has 3 aromatic rings. The Morgan fingerprint density at radius 1 is 1.19 bits per heavy atom. The van der Waals surface area contributed by atoms with E-state index < -0.39 is 0 Å². The molecule has 6 heteroatoms. The fourth-order valence-corrected chi connectivity index (χ4v) is 4.89. The highest BCUT2D eigenvalue weighted by Gasteiger charge is 2.42. The van der Waals surface area contributed by atoms with E-state index in [0.717, 1.165) is 54.0 Å². The van der Waals surface area contributed by atoms with Crippen LogP contribution >= 0.6 is 0 Å². The Balaban J connectivity index is 1.44. The van der Waals surface area contributed by atoms with Gasteiger partial charge in [-0.3, -0.25) is 4.79 Å². The SMILES string of the molecule is Cc1ccc2c(c1)NC(C1(C)CCN(c3c(C#N)c(=O)n(C)c4ccccc34)CC1)O2. The summed E-state index contributed by atoms with van der Waals surface area (Å²) in [5, 5.41) is 14.3. The van der Waals surface area contributed by atoms with Crippen molar-refractivity contribution in [1.29, 1.82) is 5.26 Å². The number of piperidine rings is 1. The highest BCUT2D eigenvalue weighted by atomic mass is 16.5. The third-order valence-corrected chi connectivity index (χ3v) is 6.91. The standard InChI is InChI=1S/C25H26N4O2/c1-16-8-9-21-19(14-16)27-24(31-21)25(2)10-12-29(13-11-25)22-17-6-4-5-7-20(17)28(3)23(30)18(22)15-26/h4-9,14,24,27H,10-13H2,1-3H3. The van der Waals surface area contributed by atoms with Crippen LogP contribution in [0.5, 0.6) is 5.75 Å². The zero-order valence-electron chi connectivity index (χ0n) is 18.1. The molecule has 2 aliphatic rings. The summed E-state index contributed by atoms with van der Waals surface area (Å²) in [6.07, 6.45) is 1.71. The molecule has 158 valence electrons. The van der Waals surface area contributed by atoms with Crippen LogP contribution in [0, 0.1) is 23.7 Å². The largest absolute Gasteiger partial charge is 0.468 e. The number of pyridine rings is 1. The van der Waals surface area contributed by atoms with Gasteiger partial charge in [-0.2, -0.15) is 5.26 Å². The van der Waals surface area contributed by atoms with Gasteiger partial charge in [0, 0.05) is 30.9 Å². The van der Waals surface area contributed by atoms with Crippen LogP contribution in [0.1, 0.15) is 30.9 Å². The minimum Gasteiger partial charge on any atom is -0.468 e. The number of hydrogen-bond acceptors (Lipinski definition) is 5. The lowest BCUT2D eigenvalue weighted by Gasteiger charge is -2.43. The summed E-state index contributed by atoms with van der Waals surface area (Å²) in [5.74, 6) is 0.906. The Bertz CT molecular complexity index is 1280. The molecular formula is C25H26N4O2. The summed E-state index contributed by atoms with van der Waals surface area (Å²) in [6.45, 7) is 5.86. The number of anilines is 2. The molecule has 0 radical (unpaired) electrons. The number of aromatic nitrogens is 1. The zero-order valence-corrected chi connectivity index (χ0v) is 18.1. The van der Waals surface area contributed by atoms with Crippen LogP contribution in [0.15, 0.2) is 47.3 Å². The van der Waals surface area contributed by atoms with Crippen LogP contribution in [-0.4, -0.2) is 23.9 Å². The fraction of sp³-hybridized carbons (Fsp3) is 0.360. The van der Waals surface area contributed by atoms with Crippen LogP contribution < -0.4 is 20.5 Å². The summed E-state index contributed by atoms with van der Waals surface area (Å²) in [4.78, 5) is 15.1. The quantitative estimate of drug-likeness (QED) is 0.682. The third-order valence-electron chi connectivity index (χ3n) is 6.91. The van der Waals surface area contributed by atoms with E-state index in [-0.39, 0.29) is 22.8 Å². The van der Waals surface area contributed by atoms with E-state index in [1.165, 1.54) is 5.56 Å². The molecule has 0 saturated carbocycles. The van der Waals surface area contributed by atoms with Gasteiger partial charge in [0.15, 0.2) is 6.23 Å². The second kappa shape index (κ2) is 7.05. The van der Waals surface area contributed by atoms with E-state index in [1.807, 2.05) is 30.3 Å². The minimum atomic E-state index is -0.240. The molecule has 1 saturated heterocycles. The Kier molecular flexibility index (Phi) is 4.44. The van der Waals surface area contributed by atoms with Gasteiger partial charge in [0.25, 0.3) is 5.56 Å². The molecule has 3 heterocycles. The molecule has 6 nitrogen and oxygen atoms in total. The molecule has 31 heavy (non-hydrogen) atoms. The Labute approximate surface area is 181 Å². The molecule has 2 aromatic carbocycles. The first kappa shape index (κ1) is 19.5. The number of aryl methyl sites for hydroxylation is 2. The average Bonchev–Trinajstić information content (AvgIpc) is 3.21. The van der Waals surface area contributed by atoms with Gasteiger partial charge in [0.2, 0.25) is 0 Å². The normalized spacial score (nSPS) is 19.4. The lowest BCUT2D eigenvalue weighted by molar-refractivity contribution is 0.0718. The second-order valence-electron chi connectivity index (χ2n) is 9.00. The Morgan fingerprint density at radius 3 is 2.68 bits per heavy atom. The van der Waals surface area contributed by atoms with Crippen molar-refractivity contribution in [3.05, 3.63) is 63.9 Å². The molecule has 0 spiro atoms. The molecule has 0 bridgehead atoms. The van der Waals surface area contributed by atoms with Crippen molar-refractivity contribution in [2.75, 3.05) is 23.3 Å². The maximum Gasteiger partial charge on any atom is 0.270 e. The lowest BCUT2D eigenvalue weighted by Crippen LogP contribution is -2.48. The number of hydrogen-bond donors (Lipinski definition) is 1. The van der Waals surface area contributed by atoms with E-state index in [1.54, 1.807) is 11.6 Å². The van der Waals surface area contributed by atoms with Crippen LogP contribution in [0.3, 0.4) is 0 Å². The maximum absolute atomic E-state index is 12.9. The number of fused-ring (bicyclic) bond motifs is 2. The third kappa shape index (κ3) is 3.04. The van der Waals surface area contributed by atoms with Gasteiger partial charge < -0.3 is 19.5 Å². The number of benzene rings is 2. The van der Waals surface area contributed by atoms with Crippen LogP contribution in [-0.2, 0) is 7.05 Å². The zero-order chi connectivity index (χ0) is 21.8. The van der Waals surface area contributed by atoms with Gasteiger partial charge in [-0.15, -0.1) is 0 Å². The number of ether oxygens (including phenoxy) is 1. The van der Waals surface area contributed by atoms with E-state index in [9.17, 15) is 10.1 Å². The molecule has 0 aliphatic carbocycles. The molecule has 1 unspecified atom stereocenters. The molecular weight excluding hydrogens is 388 g/mol. The van der Waals surface area contributed by atoms with Crippen molar-refractivity contribution in [1.82, 2.24) is 4.57 Å². The van der Waals surface area contributed by atoms with E-state index in [0.29, 0.717) is 0 Å². The van der Waals surface area contributed by atoms with Crippen molar-refractivity contribution in [2.24, 2.45) is 12.5 Å². The molecule has 1 fully saturated rings. The summed E-state index contributed by atoms with van der Waals surface area (Å²) in [7, 11) is 1.73. The van der Waals surface area contributed by atoms with Crippen molar-refractivity contribution in [3.63, 3.8) is 0 Å². The van der Waals surface area contributed by atoms with Gasteiger partial charge in [0.05, 0.1) is 16.9 Å². The average molecular weight is 415 g/mol. The highest BCUT2D eigenvalue weighted by Crippen LogP contribution is 2.44. The molecule has 0 amide bonds. The number of nitriles is 1. The van der Waals surface area contributed by atoms with Gasteiger partial charge in [0.1, 0.15) is 17.4 Å². The summed E-state index contributed by atoms with van der Waals surface area (Å²) < 4.78 is 7.83. The van der Waals surface area contributed by atoms with Gasteiger partial charge in [-0.1, -0.05) is 31.2 Å². The van der Waals surface area contributed by atoms with Crippen LogP contribution in [0.25, 0.3) is 10.9 Å². The van der Waals surface area contributed by atoms with Gasteiger partial charge in [-0.05, 0) is 43.5 Å². The molecule has 2 aliphatic heterocycles. The van der Waals surface area contributed by atoms with Gasteiger partial charge in [-0.25, -0.2) is 0 Å². The molecule has 1 N–H and O–H groups in total. The van der Waals surface area contributed by atoms with E-state index in [4.69, 9.17) is 4.74 Å².